The third kappa shape index (κ3) is 2.93. The second-order valence-corrected chi connectivity index (χ2v) is 5.09. The molecule has 1 aliphatic carbocycles. The van der Waals surface area contributed by atoms with Gasteiger partial charge in [0.2, 0.25) is 5.91 Å². The molecule has 19 heavy (non-hydrogen) atoms. The molecular formula is C14H17FN2O2. The SMILES string of the molecule is O=C(NC1CC1c1cccc(F)c1)C1COCCN1. The molecule has 5 heteroatoms. The van der Waals surface area contributed by atoms with Gasteiger partial charge >= 0.3 is 0 Å². The van der Waals surface area contributed by atoms with E-state index < -0.39 is 0 Å². The van der Waals surface area contributed by atoms with E-state index in [2.05, 4.69) is 10.6 Å². The summed E-state index contributed by atoms with van der Waals surface area (Å²) in [5, 5.41) is 6.11. The minimum atomic E-state index is -0.262. The van der Waals surface area contributed by atoms with Crippen LogP contribution in [0.1, 0.15) is 17.9 Å². The van der Waals surface area contributed by atoms with Gasteiger partial charge in [-0.1, -0.05) is 12.1 Å². The average molecular weight is 264 g/mol. The summed E-state index contributed by atoms with van der Waals surface area (Å²) < 4.78 is 18.4. The molecule has 1 aromatic rings. The van der Waals surface area contributed by atoms with E-state index in [-0.39, 0.29) is 29.7 Å². The van der Waals surface area contributed by atoms with Crippen molar-refractivity contribution < 1.29 is 13.9 Å². The molecule has 3 rings (SSSR count). The molecule has 1 heterocycles. The fraction of sp³-hybridized carbons (Fsp3) is 0.500. The molecule has 0 radical (unpaired) electrons. The molecule has 1 aromatic carbocycles. The maximum Gasteiger partial charge on any atom is 0.239 e. The van der Waals surface area contributed by atoms with Crippen LogP contribution in [-0.2, 0) is 9.53 Å². The highest BCUT2D eigenvalue weighted by molar-refractivity contribution is 5.82. The van der Waals surface area contributed by atoms with Crippen LogP contribution in [0.4, 0.5) is 4.39 Å². The first-order valence-corrected chi connectivity index (χ1v) is 6.61. The number of nitrogens with one attached hydrogen (secondary N) is 2. The lowest BCUT2D eigenvalue weighted by Crippen LogP contribution is -2.51. The highest BCUT2D eigenvalue weighted by Gasteiger charge is 2.40. The van der Waals surface area contributed by atoms with Crippen LogP contribution in [0, 0.1) is 5.82 Å². The van der Waals surface area contributed by atoms with Gasteiger partial charge in [0.15, 0.2) is 0 Å². The fourth-order valence-electron chi connectivity index (χ4n) is 2.48. The molecule has 1 saturated carbocycles. The highest BCUT2D eigenvalue weighted by Crippen LogP contribution is 2.40. The van der Waals surface area contributed by atoms with Crippen LogP contribution in [0.3, 0.4) is 0 Å². The van der Waals surface area contributed by atoms with Crippen molar-refractivity contribution in [3.8, 4) is 0 Å². The minimum Gasteiger partial charge on any atom is -0.378 e. The number of morpholine rings is 1. The second kappa shape index (κ2) is 5.27. The van der Waals surface area contributed by atoms with Crippen molar-refractivity contribution in [3.63, 3.8) is 0 Å². The molecule has 3 unspecified atom stereocenters. The summed E-state index contributed by atoms with van der Waals surface area (Å²) in [5.41, 5.74) is 0.957. The van der Waals surface area contributed by atoms with Crippen molar-refractivity contribution in [2.45, 2.75) is 24.4 Å². The average Bonchev–Trinajstić information content (AvgIpc) is 3.19. The quantitative estimate of drug-likeness (QED) is 0.848. The topological polar surface area (TPSA) is 50.4 Å². The highest BCUT2D eigenvalue weighted by atomic mass is 19.1. The smallest absolute Gasteiger partial charge is 0.239 e. The molecule has 1 amide bonds. The van der Waals surface area contributed by atoms with Crippen molar-refractivity contribution >= 4 is 5.91 Å². The zero-order valence-corrected chi connectivity index (χ0v) is 10.6. The number of benzene rings is 1. The number of carbonyl (C=O) groups is 1. The molecule has 1 aliphatic heterocycles. The van der Waals surface area contributed by atoms with Crippen molar-refractivity contribution in [1.82, 2.24) is 10.6 Å². The van der Waals surface area contributed by atoms with Crippen LogP contribution >= 0.6 is 0 Å². The molecule has 2 N–H and O–H groups in total. The van der Waals surface area contributed by atoms with Crippen LogP contribution in [0.2, 0.25) is 0 Å². The molecular weight excluding hydrogens is 247 g/mol. The maximum atomic E-state index is 13.1. The normalized spacial score (nSPS) is 29.8. The minimum absolute atomic E-state index is 0.0244. The standard InChI is InChI=1S/C14H17FN2O2/c15-10-3-1-2-9(6-10)11-7-12(11)17-14(18)13-8-19-5-4-16-13/h1-3,6,11-13,16H,4-5,7-8H2,(H,17,18). The Balaban J connectivity index is 1.54. The van der Waals surface area contributed by atoms with Gasteiger partial charge in [-0.25, -0.2) is 4.39 Å². The summed E-state index contributed by atoms with van der Waals surface area (Å²) in [6.45, 7) is 1.78. The molecule has 102 valence electrons. The van der Waals surface area contributed by atoms with Gasteiger partial charge in [0, 0.05) is 18.5 Å². The first-order chi connectivity index (χ1) is 9.24. The van der Waals surface area contributed by atoms with Crippen molar-refractivity contribution in [1.29, 1.82) is 0 Å². The summed E-state index contributed by atoms with van der Waals surface area (Å²) in [5.74, 6) is -0.00964. The van der Waals surface area contributed by atoms with Gasteiger partial charge in [-0.05, 0) is 24.1 Å². The Labute approximate surface area is 111 Å². The fourth-order valence-corrected chi connectivity index (χ4v) is 2.48. The summed E-state index contributed by atoms with van der Waals surface area (Å²) in [4.78, 5) is 12.0. The Hall–Kier alpha value is -1.46. The van der Waals surface area contributed by atoms with Crippen LogP contribution < -0.4 is 10.6 Å². The number of rotatable bonds is 3. The van der Waals surface area contributed by atoms with Gasteiger partial charge in [-0.2, -0.15) is 0 Å². The number of carbonyl (C=O) groups excluding carboxylic acids is 1. The summed E-state index contributed by atoms with van der Waals surface area (Å²) in [7, 11) is 0. The Morgan fingerprint density at radius 3 is 3.11 bits per heavy atom. The number of halogens is 1. The summed E-state index contributed by atoms with van der Waals surface area (Å²) >= 11 is 0. The van der Waals surface area contributed by atoms with Crippen molar-refractivity contribution in [2.24, 2.45) is 0 Å². The van der Waals surface area contributed by atoms with E-state index in [0.717, 1.165) is 12.0 Å². The lowest BCUT2D eigenvalue weighted by molar-refractivity contribution is -0.126. The third-order valence-electron chi connectivity index (χ3n) is 3.63. The molecule has 1 saturated heterocycles. The number of hydrogen-bond donors (Lipinski definition) is 2. The summed E-state index contributed by atoms with van der Waals surface area (Å²) in [6.07, 6.45) is 0.878. The zero-order valence-electron chi connectivity index (χ0n) is 10.6. The Bertz CT molecular complexity index is 474. The van der Waals surface area contributed by atoms with Crippen LogP contribution in [0.15, 0.2) is 24.3 Å². The van der Waals surface area contributed by atoms with E-state index in [1.54, 1.807) is 12.1 Å². The Kier molecular flexibility index (Phi) is 3.48. The van der Waals surface area contributed by atoms with Gasteiger partial charge in [0.1, 0.15) is 11.9 Å². The van der Waals surface area contributed by atoms with E-state index in [4.69, 9.17) is 4.74 Å². The van der Waals surface area contributed by atoms with E-state index in [9.17, 15) is 9.18 Å². The molecule has 0 bridgehead atoms. The predicted molar refractivity (Wildman–Crippen MR) is 68.3 cm³/mol. The van der Waals surface area contributed by atoms with Gasteiger partial charge in [0.05, 0.1) is 13.2 Å². The Morgan fingerprint density at radius 1 is 1.47 bits per heavy atom. The lowest BCUT2D eigenvalue weighted by atomic mass is 10.1. The van der Waals surface area contributed by atoms with E-state index in [1.807, 2.05) is 6.07 Å². The maximum absolute atomic E-state index is 13.1. The molecule has 2 aliphatic rings. The number of amides is 1. The van der Waals surface area contributed by atoms with Crippen LogP contribution in [0.5, 0.6) is 0 Å². The first kappa shape index (κ1) is 12.6. The number of hydrogen-bond acceptors (Lipinski definition) is 3. The Morgan fingerprint density at radius 2 is 2.37 bits per heavy atom. The van der Waals surface area contributed by atoms with Gasteiger partial charge < -0.3 is 15.4 Å². The summed E-state index contributed by atoms with van der Waals surface area (Å²) in [6, 6.07) is 6.45. The van der Waals surface area contributed by atoms with Crippen molar-refractivity contribution in [2.75, 3.05) is 19.8 Å². The van der Waals surface area contributed by atoms with E-state index in [1.165, 1.54) is 6.07 Å². The zero-order chi connectivity index (χ0) is 13.2. The number of ether oxygens (including phenoxy) is 1. The van der Waals surface area contributed by atoms with E-state index >= 15 is 0 Å². The largest absolute Gasteiger partial charge is 0.378 e. The van der Waals surface area contributed by atoms with Crippen LogP contribution in [-0.4, -0.2) is 37.7 Å². The van der Waals surface area contributed by atoms with Crippen LogP contribution in [0.25, 0.3) is 0 Å². The molecule has 4 nitrogen and oxygen atoms in total. The van der Waals surface area contributed by atoms with E-state index in [0.29, 0.717) is 19.8 Å². The third-order valence-corrected chi connectivity index (χ3v) is 3.63. The molecule has 0 spiro atoms. The first-order valence-electron chi connectivity index (χ1n) is 6.61. The van der Waals surface area contributed by atoms with Gasteiger partial charge in [-0.15, -0.1) is 0 Å². The second-order valence-electron chi connectivity index (χ2n) is 5.09. The lowest BCUT2D eigenvalue weighted by Gasteiger charge is -2.22. The molecule has 0 aromatic heterocycles. The molecule has 2 fully saturated rings. The molecule has 3 atom stereocenters. The van der Waals surface area contributed by atoms with Crippen molar-refractivity contribution in [3.05, 3.63) is 35.6 Å². The van der Waals surface area contributed by atoms with Gasteiger partial charge in [0.25, 0.3) is 0 Å². The van der Waals surface area contributed by atoms with Gasteiger partial charge in [-0.3, -0.25) is 4.79 Å². The predicted octanol–water partition coefficient (Wildman–Crippen LogP) is 0.786. The monoisotopic (exact) mass is 264 g/mol.